The second-order valence-corrected chi connectivity index (χ2v) is 5.12. The van der Waals surface area contributed by atoms with Gasteiger partial charge in [-0.1, -0.05) is 40.9 Å². The van der Waals surface area contributed by atoms with Crippen molar-refractivity contribution in [3.05, 3.63) is 62.9 Å². The van der Waals surface area contributed by atoms with E-state index in [0.29, 0.717) is 10.6 Å². The molecule has 1 aromatic heterocycles. The molecule has 1 heterocycles. The van der Waals surface area contributed by atoms with Gasteiger partial charge in [0.05, 0.1) is 10.6 Å². The van der Waals surface area contributed by atoms with E-state index in [0.717, 1.165) is 0 Å². The number of carbonyl (C=O) groups excluding carboxylic acids is 2. The first-order valence-electron chi connectivity index (χ1n) is 5.64. The summed E-state index contributed by atoms with van der Waals surface area (Å²) < 4.78 is 0. The fourth-order valence-electron chi connectivity index (χ4n) is 1.43. The van der Waals surface area contributed by atoms with Crippen molar-refractivity contribution in [2.45, 2.75) is 0 Å². The summed E-state index contributed by atoms with van der Waals surface area (Å²) in [6, 6.07) is 7.65. The molecule has 0 aliphatic carbocycles. The number of amides is 2. The topological polar surface area (TPSA) is 71.1 Å². The Kier molecular flexibility index (Phi) is 5.01. The summed E-state index contributed by atoms with van der Waals surface area (Å²) in [4.78, 5) is 27.4. The van der Waals surface area contributed by atoms with Gasteiger partial charge < -0.3 is 0 Å². The summed E-state index contributed by atoms with van der Waals surface area (Å²) >= 11 is 17.2. The van der Waals surface area contributed by atoms with Crippen molar-refractivity contribution in [3.8, 4) is 0 Å². The Morgan fingerprint density at radius 1 is 0.952 bits per heavy atom. The smallest absolute Gasteiger partial charge is 0.267 e. The van der Waals surface area contributed by atoms with Gasteiger partial charge in [0.15, 0.2) is 0 Å². The first kappa shape index (κ1) is 15.6. The molecule has 0 aliphatic heterocycles. The third-order valence-corrected chi connectivity index (χ3v) is 3.36. The number of hydrogen-bond donors (Lipinski definition) is 2. The third kappa shape index (κ3) is 4.07. The Morgan fingerprint density at radius 3 is 2.24 bits per heavy atom. The van der Waals surface area contributed by atoms with Crippen LogP contribution in [0.4, 0.5) is 0 Å². The van der Waals surface area contributed by atoms with Crippen molar-refractivity contribution < 1.29 is 9.59 Å². The van der Waals surface area contributed by atoms with E-state index in [-0.39, 0.29) is 15.7 Å². The van der Waals surface area contributed by atoms with Crippen molar-refractivity contribution >= 4 is 46.6 Å². The van der Waals surface area contributed by atoms with E-state index in [2.05, 4.69) is 15.8 Å². The molecule has 0 atom stereocenters. The van der Waals surface area contributed by atoms with Crippen molar-refractivity contribution in [2.75, 3.05) is 0 Å². The maximum Gasteiger partial charge on any atom is 0.271 e. The highest BCUT2D eigenvalue weighted by Crippen LogP contribution is 2.19. The van der Waals surface area contributed by atoms with E-state index in [1.54, 1.807) is 18.2 Å². The Balaban J connectivity index is 2.00. The highest BCUT2D eigenvalue weighted by molar-refractivity contribution is 6.41. The van der Waals surface area contributed by atoms with Crippen LogP contribution in [0, 0.1) is 0 Å². The molecule has 2 amide bonds. The quantitative estimate of drug-likeness (QED) is 0.649. The third-order valence-electron chi connectivity index (χ3n) is 2.43. The zero-order valence-electron chi connectivity index (χ0n) is 10.4. The molecule has 2 aromatic rings. The molecule has 0 bridgehead atoms. The molecule has 0 saturated heterocycles. The molecule has 0 saturated carbocycles. The highest BCUT2D eigenvalue weighted by Gasteiger charge is 2.11. The first-order valence-corrected chi connectivity index (χ1v) is 6.78. The van der Waals surface area contributed by atoms with Crippen LogP contribution in [-0.2, 0) is 0 Å². The Bertz CT molecular complexity index is 707. The second-order valence-electron chi connectivity index (χ2n) is 3.92. The van der Waals surface area contributed by atoms with Gasteiger partial charge >= 0.3 is 0 Å². The minimum atomic E-state index is -0.573. The fraction of sp³-hybridized carbons (Fsp3) is 0. The standard InChI is InChI=1S/C13H8Cl3N3O2/c14-9-3-1-2-7(4-9)12(20)18-19-13(21)8-5-10(15)11(16)17-6-8/h1-6H,(H,18,20)(H,19,21). The van der Waals surface area contributed by atoms with Crippen LogP contribution in [0.3, 0.4) is 0 Å². The molecular formula is C13H8Cl3N3O2. The zero-order chi connectivity index (χ0) is 15.4. The Labute approximate surface area is 135 Å². The minimum Gasteiger partial charge on any atom is -0.267 e. The molecule has 1 aromatic carbocycles. The molecular weight excluding hydrogens is 337 g/mol. The lowest BCUT2D eigenvalue weighted by Gasteiger charge is -2.08. The number of halogens is 3. The number of nitrogens with one attached hydrogen (secondary N) is 2. The van der Waals surface area contributed by atoms with Crippen LogP contribution in [0.2, 0.25) is 15.2 Å². The molecule has 0 fully saturated rings. The lowest BCUT2D eigenvalue weighted by Crippen LogP contribution is -2.41. The van der Waals surface area contributed by atoms with Gasteiger partial charge in [0.1, 0.15) is 5.15 Å². The van der Waals surface area contributed by atoms with Gasteiger partial charge in [0.2, 0.25) is 0 Å². The molecule has 0 spiro atoms. The molecule has 2 N–H and O–H groups in total. The van der Waals surface area contributed by atoms with Crippen LogP contribution in [0.25, 0.3) is 0 Å². The van der Waals surface area contributed by atoms with E-state index in [1.165, 1.54) is 18.3 Å². The summed E-state index contributed by atoms with van der Waals surface area (Å²) in [7, 11) is 0. The average molecular weight is 345 g/mol. The average Bonchev–Trinajstić information content (AvgIpc) is 2.47. The first-order chi connectivity index (χ1) is 9.97. The number of nitrogens with zero attached hydrogens (tertiary/aromatic N) is 1. The molecule has 8 heteroatoms. The number of benzene rings is 1. The predicted octanol–water partition coefficient (Wildman–Crippen LogP) is 3.12. The molecule has 5 nitrogen and oxygen atoms in total. The van der Waals surface area contributed by atoms with Gasteiger partial charge in [0.25, 0.3) is 11.8 Å². The lowest BCUT2D eigenvalue weighted by atomic mass is 10.2. The van der Waals surface area contributed by atoms with Crippen LogP contribution in [0.5, 0.6) is 0 Å². The lowest BCUT2D eigenvalue weighted by molar-refractivity contribution is 0.0846. The van der Waals surface area contributed by atoms with Gasteiger partial charge in [-0.2, -0.15) is 0 Å². The summed E-state index contributed by atoms with van der Waals surface area (Å²) in [5, 5.41) is 0.657. The monoisotopic (exact) mass is 343 g/mol. The van der Waals surface area contributed by atoms with Crippen LogP contribution < -0.4 is 10.9 Å². The van der Waals surface area contributed by atoms with E-state index in [4.69, 9.17) is 34.8 Å². The van der Waals surface area contributed by atoms with Crippen molar-refractivity contribution in [1.82, 2.24) is 15.8 Å². The van der Waals surface area contributed by atoms with Gasteiger partial charge in [-0.15, -0.1) is 0 Å². The molecule has 2 rings (SSSR count). The number of rotatable bonds is 2. The Hall–Kier alpha value is -1.82. The number of hydrogen-bond acceptors (Lipinski definition) is 3. The summed E-state index contributed by atoms with van der Waals surface area (Å²) in [5.74, 6) is -1.07. The highest BCUT2D eigenvalue weighted by atomic mass is 35.5. The summed E-state index contributed by atoms with van der Waals surface area (Å²) in [6.45, 7) is 0. The largest absolute Gasteiger partial charge is 0.271 e. The van der Waals surface area contributed by atoms with Crippen molar-refractivity contribution in [1.29, 1.82) is 0 Å². The van der Waals surface area contributed by atoms with Crippen molar-refractivity contribution in [2.24, 2.45) is 0 Å². The van der Waals surface area contributed by atoms with Crippen LogP contribution in [0.15, 0.2) is 36.5 Å². The summed E-state index contributed by atoms with van der Waals surface area (Å²) in [6.07, 6.45) is 1.25. The van der Waals surface area contributed by atoms with Crippen LogP contribution in [-0.4, -0.2) is 16.8 Å². The van der Waals surface area contributed by atoms with Gasteiger partial charge in [0, 0.05) is 16.8 Å². The molecule has 0 unspecified atom stereocenters. The maximum absolute atomic E-state index is 11.8. The molecule has 21 heavy (non-hydrogen) atoms. The maximum atomic E-state index is 11.8. The zero-order valence-corrected chi connectivity index (χ0v) is 12.6. The van der Waals surface area contributed by atoms with E-state index >= 15 is 0 Å². The van der Waals surface area contributed by atoms with E-state index in [9.17, 15) is 9.59 Å². The second kappa shape index (κ2) is 6.76. The van der Waals surface area contributed by atoms with Crippen LogP contribution >= 0.6 is 34.8 Å². The van der Waals surface area contributed by atoms with E-state index in [1.807, 2.05) is 0 Å². The summed E-state index contributed by atoms with van der Waals surface area (Å²) in [5.41, 5.74) is 4.98. The van der Waals surface area contributed by atoms with E-state index < -0.39 is 11.8 Å². The molecule has 0 radical (unpaired) electrons. The number of carbonyl (C=O) groups is 2. The number of hydrazine groups is 1. The Morgan fingerprint density at radius 2 is 1.62 bits per heavy atom. The number of pyridine rings is 1. The van der Waals surface area contributed by atoms with Crippen molar-refractivity contribution in [3.63, 3.8) is 0 Å². The predicted molar refractivity (Wildman–Crippen MR) is 80.6 cm³/mol. The van der Waals surface area contributed by atoms with Gasteiger partial charge in [-0.3, -0.25) is 20.4 Å². The van der Waals surface area contributed by atoms with Gasteiger partial charge in [-0.25, -0.2) is 4.98 Å². The van der Waals surface area contributed by atoms with Crippen LogP contribution in [0.1, 0.15) is 20.7 Å². The van der Waals surface area contributed by atoms with Gasteiger partial charge in [-0.05, 0) is 24.3 Å². The minimum absolute atomic E-state index is 0.0937. The number of aromatic nitrogens is 1. The SMILES string of the molecule is O=C(NNC(=O)c1cnc(Cl)c(Cl)c1)c1cccc(Cl)c1. The molecule has 0 aliphatic rings. The molecule has 108 valence electrons. The fourth-order valence-corrected chi connectivity index (χ4v) is 1.89. The normalized spacial score (nSPS) is 10.0.